The van der Waals surface area contributed by atoms with Gasteiger partial charge in [0.15, 0.2) is 0 Å². The van der Waals surface area contributed by atoms with Crippen molar-refractivity contribution in [3.63, 3.8) is 0 Å². The Hall–Kier alpha value is -2.58. The monoisotopic (exact) mass is 558 g/mol. The van der Waals surface area contributed by atoms with Gasteiger partial charge in [0.1, 0.15) is 11.5 Å². The van der Waals surface area contributed by atoms with Crippen molar-refractivity contribution in [3.05, 3.63) is 68.9 Å². The molecule has 0 bridgehead atoms. The van der Waals surface area contributed by atoms with E-state index in [1.807, 2.05) is 50.8 Å². The number of aryl methyl sites for hydroxylation is 4. The summed E-state index contributed by atoms with van der Waals surface area (Å²) in [5.74, 6) is 0.448. The van der Waals surface area contributed by atoms with Gasteiger partial charge in [-0.2, -0.15) is 10.2 Å². The third-order valence-electron chi connectivity index (χ3n) is 5.38. The summed E-state index contributed by atoms with van der Waals surface area (Å²) < 4.78 is 5.39. The molecule has 0 amide bonds. The summed E-state index contributed by atoms with van der Waals surface area (Å²) in [5, 5.41) is 29.8. The zero-order valence-corrected chi connectivity index (χ0v) is 21.1. The van der Waals surface area contributed by atoms with Crippen LogP contribution < -0.4 is 0 Å². The molecule has 2 N–H and O–H groups in total. The van der Waals surface area contributed by atoms with E-state index < -0.39 is 0 Å². The van der Waals surface area contributed by atoms with Gasteiger partial charge in [-0.25, -0.2) is 0 Å². The van der Waals surface area contributed by atoms with Crippen LogP contribution in [0.4, 0.5) is 0 Å². The molecule has 166 valence electrons. The van der Waals surface area contributed by atoms with Crippen molar-refractivity contribution in [2.75, 3.05) is 0 Å². The van der Waals surface area contributed by atoms with Crippen LogP contribution in [0.5, 0.6) is 11.5 Å². The number of aromatic hydroxyl groups is 2. The summed E-state index contributed by atoms with van der Waals surface area (Å²) in [6.45, 7) is 0. The topological polar surface area (TPSA) is 76.1 Å². The SMILES string of the molecule is Cn1cc(CCCCc2cn(C)nc2-c2cc(Br)ccc2O)c(-c2cc(Br)ccc2O)n1. The van der Waals surface area contributed by atoms with Crippen molar-refractivity contribution in [1.29, 1.82) is 0 Å². The normalized spacial score (nSPS) is 11.2. The summed E-state index contributed by atoms with van der Waals surface area (Å²) in [4.78, 5) is 0. The molecule has 0 aliphatic heterocycles. The zero-order chi connectivity index (χ0) is 22.8. The Balaban J connectivity index is 1.48. The number of nitrogens with zero attached hydrogens (tertiary/aromatic N) is 4. The van der Waals surface area contributed by atoms with E-state index in [0.29, 0.717) is 0 Å². The van der Waals surface area contributed by atoms with Crippen LogP contribution in [0.15, 0.2) is 57.7 Å². The Morgan fingerprint density at radius 3 is 1.53 bits per heavy atom. The predicted octanol–water partition coefficient (Wildman–Crippen LogP) is 5.99. The molecule has 0 fully saturated rings. The molecule has 0 saturated heterocycles. The van der Waals surface area contributed by atoms with Crippen LogP contribution in [-0.2, 0) is 26.9 Å². The first kappa shape index (κ1) is 22.6. The summed E-state index contributed by atoms with van der Waals surface area (Å²) in [6, 6.07) is 10.8. The van der Waals surface area contributed by atoms with Gasteiger partial charge in [0.2, 0.25) is 0 Å². The van der Waals surface area contributed by atoms with E-state index in [2.05, 4.69) is 42.1 Å². The average Bonchev–Trinajstić information content (AvgIpc) is 3.30. The Morgan fingerprint density at radius 2 is 1.12 bits per heavy atom. The molecular weight excluding hydrogens is 536 g/mol. The number of phenolic OH excluding ortho intramolecular Hbond substituents is 2. The van der Waals surface area contributed by atoms with Gasteiger partial charge < -0.3 is 10.2 Å². The van der Waals surface area contributed by atoms with Gasteiger partial charge in [0.25, 0.3) is 0 Å². The molecule has 2 aromatic carbocycles. The van der Waals surface area contributed by atoms with Crippen molar-refractivity contribution in [3.8, 4) is 34.0 Å². The molecule has 0 aliphatic rings. The van der Waals surface area contributed by atoms with Crippen LogP contribution in [0.2, 0.25) is 0 Å². The maximum absolute atomic E-state index is 10.3. The van der Waals surface area contributed by atoms with Gasteiger partial charge in [0, 0.05) is 46.6 Å². The third kappa shape index (κ3) is 4.91. The van der Waals surface area contributed by atoms with Gasteiger partial charge in [0.05, 0.1) is 11.4 Å². The summed E-state index contributed by atoms with van der Waals surface area (Å²) in [6.07, 6.45) is 7.67. The van der Waals surface area contributed by atoms with E-state index >= 15 is 0 Å². The second kappa shape index (κ2) is 9.50. The van der Waals surface area contributed by atoms with E-state index in [1.165, 1.54) is 0 Å². The lowest BCUT2D eigenvalue weighted by Crippen LogP contribution is -1.92. The minimum absolute atomic E-state index is 0.224. The number of unbranched alkanes of at least 4 members (excludes halogenated alkanes) is 1. The average molecular weight is 560 g/mol. The first-order chi connectivity index (χ1) is 15.3. The highest BCUT2D eigenvalue weighted by atomic mass is 79.9. The number of benzene rings is 2. The zero-order valence-electron chi connectivity index (χ0n) is 17.9. The minimum Gasteiger partial charge on any atom is -0.507 e. The first-order valence-corrected chi connectivity index (χ1v) is 11.9. The molecule has 0 aliphatic carbocycles. The largest absolute Gasteiger partial charge is 0.507 e. The van der Waals surface area contributed by atoms with Crippen molar-refractivity contribution in [2.24, 2.45) is 14.1 Å². The molecular formula is C24H24Br2N4O2. The van der Waals surface area contributed by atoms with Gasteiger partial charge >= 0.3 is 0 Å². The molecule has 0 radical (unpaired) electrons. The van der Waals surface area contributed by atoms with E-state index in [1.54, 1.807) is 21.5 Å². The molecule has 8 heteroatoms. The van der Waals surface area contributed by atoms with Crippen LogP contribution >= 0.6 is 31.9 Å². The molecule has 0 spiro atoms. The second-order valence-electron chi connectivity index (χ2n) is 7.88. The molecule has 2 aromatic heterocycles. The highest BCUT2D eigenvalue weighted by Crippen LogP contribution is 2.35. The molecule has 6 nitrogen and oxygen atoms in total. The first-order valence-electron chi connectivity index (χ1n) is 10.3. The lowest BCUT2D eigenvalue weighted by molar-refractivity contribution is 0.476. The lowest BCUT2D eigenvalue weighted by atomic mass is 9.99. The third-order valence-corrected chi connectivity index (χ3v) is 6.37. The number of hydrogen-bond donors (Lipinski definition) is 2. The highest BCUT2D eigenvalue weighted by Gasteiger charge is 2.16. The Labute approximate surface area is 203 Å². The summed E-state index contributed by atoms with van der Waals surface area (Å²) in [5.41, 5.74) is 5.30. The van der Waals surface area contributed by atoms with E-state index in [4.69, 9.17) is 0 Å². The second-order valence-corrected chi connectivity index (χ2v) is 9.71. The number of rotatable bonds is 7. The summed E-state index contributed by atoms with van der Waals surface area (Å²) >= 11 is 6.96. The van der Waals surface area contributed by atoms with E-state index in [-0.39, 0.29) is 11.5 Å². The smallest absolute Gasteiger partial charge is 0.125 e. The standard InChI is InChI=1S/C24H24Br2N4O2/c1-29-13-15(23(27-29)19-11-17(25)7-9-21(19)31)5-3-4-6-16-14-30(2)28-24(16)20-12-18(26)8-10-22(20)32/h7-14,31-32H,3-6H2,1-2H3. The van der Waals surface area contributed by atoms with Gasteiger partial charge in [-0.15, -0.1) is 0 Å². The lowest BCUT2D eigenvalue weighted by Gasteiger charge is -2.07. The fourth-order valence-electron chi connectivity index (χ4n) is 3.92. The molecule has 0 saturated carbocycles. The molecule has 0 atom stereocenters. The van der Waals surface area contributed by atoms with Crippen molar-refractivity contribution in [1.82, 2.24) is 19.6 Å². The predicted molar refractivity (Wildman–Crippen MR) is 133 cm³/mol. The molecule has 2 heterocycles. The maximum Gasteiger partial charge on any atom is 0.125 e. The Morgan fingerprint density at radius 1 is 0.719 bits per heavy atom. The highest BCUT2D eigenvalue weighted by molar-refractivity contribution is 9.10. The van der Waals surface area contributed by atoms with Crippen molar-refractivity contribution < 1.29 is 10.2 Å². The molecule has 32 heavy (non-hydrogen) atoms. The molecule has 4 aromatic rings. The van der Waals surface area contributed by atoms with Crippen LogP contribution in [0, 0.1) is 0 Å². The quantitative estimate of drug-likeness (QED) is 0.273. The number of hydrogen-bond acceptors (Lipinski definition) is 4. The molecule has 4 rings (SSSR count). The summed E-state index contributed by atoms with van der Waals surface area (Å²) in [7, 11) is 3.79. The Bertz CT molecular complexity index is 1170. The fraction of sp³-hybridized carbons (Fsp3) is 0.250. The van der Waals surface area contributed by atoms with Crippen molar-refractivity contribution in [2.45, 2.75) is 25.7 Å². The van der Waals surface area contributed by atoms with Gasteiger partial charge in [-0.1, -0.05) is 31.9 Å². The minimum atomic E-state index is 0.224. The van der Waals surface area contributed by atoms with E-state index in [0.717, 1.165) is 68.3 Å². The number of phenols is 2. The van der Waals surface area contributed by atoms with Crippen LogP contribution in [0.3, 0.4) is 0 Å². The maximum atomic E-state index is 10.3. The molecule has 0 unspecified atom stereocenters. The van der Waals surface area contributed by atoms with E-state index in [9.17, 15) is 10.2 Å². The van der Waals surface area contributed by atoms with Gasteiger partial charge in [-0.3, -0.25) is 9.36 Å². The van der Waals surface area contributed by atoms with Crippen molar-refractivity contribution >= 4 is 31.9 Å². The van der Waals surface area contributed by atoms with Crippen LogP contribution in [0.1, 0.15) is 24.0 Å². The van der Waals surface area contributed by atoms with Crippen LogP contribution in [-0.4, -0.2) is 29.8 Å². The van der Waals surface area contributed by atoms with Crippen LogP contribution in [0.25, 0.3) is 22.5 Å². The number of halogens is 2. The van der Waals surface area contributed by atoms with Gasteiger partial charge in [-0.05, 0) is 73.2 Å². The number of aromatic nitrogens is 4. The Kier molecular flexibility index (Phi) is 6.71. The fourth-order valence-corrected chi connectivity index (χ4v) is 4.64.